The Morgan fingerprint density at radius 2 is 1.94 bits per heavy atom. The Morgan fingerprint density at radius 3 is 2.39 bits per heavy atom. The maximum Gasteiger partial charge on any atom is 0.306 e. The molecule has 1 N–H and O–H groups in total. The first-order chi connectivity index (χ1) is 8.42. The van der Waals surface area contributed by atoms with Crippen molar-refractivity contribution in [1.29, 1.82) is 0 Å². The van der Waals surface area contributed by atoms with Gasteiger partial charge in [0.1, 0.15) is 11.5 Å². The van der Waals surface area contributed by atoms with Crippen LogP contribution < -0.4 is 9.47 Å². The van der Waals surface area contributed by atoms with Crippen LogP contribution in [0, 0.1) is 19.8 Å². The second kappa shape index (κ2) is 5.76. The van der Waals surface area contributed by atoms with Crippen LogP contribution in [0.15, 0.2) is 6.07 Å². The zero-order valence-electron chi connectivity index (χ0n) is 11.5. The van der Waals surface area contributed by atoms with Gasteiger partial charge in [0.15, 0.2) is 0 Å². The van der Waals surface area contributed by atoms with E-state index in [9.17, 15) is 4.79 Å². The van der Waals surface area contributed by atoms with Crippen molar-refractivity contribution in [1.82, 2.24) is 0 Å². The first-order valence-electron chi connectivity index (χ1n) is 5.86. The predicted molar refractivity (Wildman–Crippen MR) is 69.5 cm³/mol. The molecule has 0 aromatic heterocycles. The lowest BCUT2D eigenvalue weighted by Crippen LogP contribution is -2.14. The van der Waals surface area contributed by atoms with Crippen molar-refractivity contribution in [2.24, 2.45) is 5.92 Å². The maximum atomic E-state index is 11.0. The fourth-order valence-electron chi connectivity index (χ4n) is 2.04. The fourth-order valence-corrected chi connectivity index (χ4v) is 2.04. The van der Waals surface area contributed by atoms with E-state index in [1.807, 2.05) is 19.9 Å². The fraction of sp³-hybridized carbons (Fsp3) is 0.500. The van der Waals surface area contributed by atoms with Gasteiger partial charge in [-0.25, -0.2) is 0 Å². The number of benzene rings is 1. The minimum absolute atomic E-state index is 0.439. The van der Waals surface area contributed by atoms with Gasteiger partial charge in [-0.15, -0.1) is 0 Å². The third-order valence-corrected chi connectivity index (χ3v) is 3.16. The first kappa shape index (κ1) is 14.4. The SMILES string of the molecule is COc1cc(C)c(CC(C)C(=O)O)c(OC)c1C. The molecule has 0 aliphatic carbocycles. The zero-order valence-corrected chi connectivity index (χ0v) is 11.5. The Morgan fingerprint density at radius 1 is 1.33 bits per heavy atom. The highest BCUT2D eigenvalue weighted by Gasteiger charge is 2.19. The molecule has 0 spiro atoms. The van der Waals surface area contributed by atoms with E-state index in [1.165, 1.54) is 0 Å². The van der Waals surface area contributed by atoms with E-state index in [-0.39, 0.29) is 0 Å². The topological polar surface area (TPSA) is 55.8 Å². The average Bonchev–Trinajstić information content (AvgIpc) is 2.33. The molecule has 0 saturated heterocycles. The highest BCUT2D eigenvalue weighted by atomic mass is 16.5. The Hall–Kier alpha value is -1.71. The molecule has 1 atom stereocenters. The number of aliphatic carboxylic acids is 1. The van der Waals surface area contributed by atoms with E-state index in [0.717, 1.165) is 28.2 Å². The molecule has 4 nitrogen and oxygen atoms in total. The Labute approximate surface area is 108 Å². The highest BCUT2D eigenvalue weighted by Crippen LogP contribution is 2.35. The van der Waals surface area contributed by atoms with Gasteiger partial charge in [-0.2, -0.15) is 0 Å². The van der Waals surface area contributed by atoms with E-state index in [1.54, 1.807) is 21.1 Å². The largest absolute Gasteiger partial charge is 0.496 e. The van der Waals surface area contributed by atoms with Gasteiger partial charge in [-0.3, -0.25) is 4.79 Å². The van der Waals surface area contributed by atoms with Crippen molar-refractivity contribution in [3.8, 4) is 11.5 Å². The van der Waals surface area contributed by atoms with Crippen LogP contribution in [0.25, 0.3) is 0 Å². The van der Waals surface area contributed by atoms with Crippen LogP contribution in [-0.4, -0.2) is 25.3 Å². The van der Waals surface area contributed by atoms with Gasteiger partial charge < -0.3 is 14.6 Å². The molecule has 4 heteroatoms. The van der Waals surface area contributed by atoms with Crippen molar-refractivity contribution >= 4 is 5.97 Å². The van der Waals surface area contributed by atoms with Crippen molar-refractivity contribution in [2.45, 2.75) is 27.2 Å². The van der Waals surface area contributed by atoms with E-state index in [4.69, 9.17) is 14.6 Å². The van der Waals surface area contributed by atoms with Gasteiger partial charge in [0.05, 0.1) is 20.1 Å². The Bertz CT molecular complexity index is 452. The van der Waals surface area contributed by atoms with Crippen molar-refractivity contribution in [3.63, 3.8) is 0 Å². The molecule has 0 aliphatic rings. The first-order valence-corrected chi connectivity index (χ1v) is 5.86. The predicted octanol–water partition coefficient (Wildman–Crippen LogP) is 2.58. The highest BCUT2D eigenvalue weighted by molar-refractivity contribution is 5.70. The molecule has 0 aliphatic heterocycles. The molecular formula is C14H20O4. The summed E-state index contributed by atoms with van der Waals surface area (Å²) in [6.07, 6.45) is 0.454. The summed E-state index contributed by atoms with van der Waals surface area (Å²) in [5.74, 6) is 0.242. The van der Waals surface area contributed by atoms with Crippen LogP contribution in [0.3, 0.4) is 0 Å². The summed E-state index contributed by atoms with van der Waals surface area (Å²) < 4.78 is 10.7. The van der Waals surface area contributed by atoms with Crippen LogP contribution in [-0.2, 0) is 11.2 Å². The lowest BCUT2D eigenvalue weighted by Gasteiger charge is -2.18. The summed E-state index contributed by atoms with van der Waals surface area (Å²) in [5, 5.41) is 9.00. The molecule has 0 heterocycles. The molecule has 1 rings (SSSR count). The number of aryl methyl sites for hydroxylation is 1. The summed E-state index contributed by atoms with van der Waals surface area (Å²) in [6.45, 7) is 5.54. The van der Waals surface area contributed by atoms with Crippen molar-refractivity contribution in [3.05, 3.63) is 22.8 Å². The third-order valence-electron chi connectivity index (χ3n) is 3.16. The number of carbonyl (C=O) groups is 1. The molecule has 0 radical (unpaired) electrons. The summed E-state index contributed by atoms with van der Waals surface area (Å²) in [7, 11) is 3.21. The zero-order chi connectivity index (χ0) is 13.9. The second-order valence-electron chi connectivity index (χ2n) is 4.48. The number of hydrogen-bond acceptors (Lipinski definition) is 3. The molecule has 100 valence electrons. The molecule has 1 aromatic rings. The third kappa shape index (κ3) is 2.75. The molecule has 0 amide bonds. The smallest absolute Gasteiger partial charge is 0.306 e. The molecule has 1 aromatic carbocycles. The average molecular weight is 252 g/mol. The van der Waals surface area contributed by atoms with Gasteiger partial charge in [0, 0.05) is 5.56 Å². The summed E-state index contributed by atoms with van der Waals surface area (Å²) in [6, 6.07) is 1.92. The van der Waals surface area contributed by atoms with E-state index in [2.05, 4.69) is 0 Å². The normalized spacial score (nSPS) is 12.1. The van der Waals surface area contributed by atoms with E-state index < -0.39 is 11.9 Å². The molecule has 18 heavy (non-hydrogen) atoms. The van der Waals surface area contributed by atoms with Gasteiger partial charge >= 0.3 is 5.97 Å². The lowest BCUT2D eigenvalue weighted by molar-refractivity contribution is -0.141. The summed E-state index contributed by atoms with van der Waals surface area (Å²) >= 11 is 0. The number of carboxylic acid groups (broad SMARTS) is 1. The molecule has 0 bridgehead atoms. The van der Waals surface area contributed by atoms with Crippen molar-refractivity contribution < 1.29 is 19.4 Å². The monoisotopic (exact) mass is 252 g/mol. The van der Waals surface area contributed by atoms with Gasteiger partial charge in [-0.1, -0.05) is 6.92 Å². The Kier molecular flexibility index (Phi) is 4.59. The minimum Gasteiger partial charge on any atom is -0.496 e. The van der Waals surface area contributed by atoms with Crippen LogP contribution in [0.5, 0.6) is 11.5 Å². The maximum absolute atomic E-state index is 11.0. The number of ether oxygens (including phenoxy) is 2. The lowest BCUT2D eigenvalue weighted by atomic mass is 9.94. The number of hydrogen-bond donors (Lipinski definition) is 1. The van der Waals surface area contributed by atoms with Crippen LogP contribution in [0.1, 0.15) is 23.6 Å². The summed E-state index contributed by atoms with van der Waals surface area (Å²) in [4.78, 5) is 11.0. The summed E-state index contributed by atoms with van der Waals surface area (Å²) in [5.41, 5.74) is 2.83. The standard InChI is InChI=1S/C14H20O4/c1-8-7-12(17-4)10(3)13(18-5)11(8)6-9(2)14(15)16/h7,9H,6H2,1-5H3,(H,15,16). The number of rotatable bonds is 5. The van der Waals surface area contributed by atoms with Crippen LogP contribution in [0.2, 0.25) is 0 Å². The molecule has 1 unspecified atom stereocenters. The molecule has 0 saturated carbocycles. The van der Waals surface area contributed by atoms with E-state index in [0.29, 0.717) is 6.42 Å². The van der Waals surface area contributed by atoms with Crippen LogP contribution >= 0.6 is 0 Å². The van der Waals surface area contributed by atoms with Gasteiger partial charge in [0.2, 0.25) is 0 Å². The van der Waals surface area contributed by atoms with Gasteiger partial charge in [-0.05, 0) is 37.5 Å². The van der Waals surface area contributed by atoms with Gasteiger partial charge in [0.25, 0.3) is 0 Å². The second-order valence-corrected chi connectivity index (χ2v) is 4.48. The van der Waals surface area contributed by atoms with Crippen LogP contribution in [0.4, 0.5) is 0 Å². The quantitative estimate of drug-likeness (QED) is 0.875. The number of methoxy groups -OCH3 is 2. The number of carboxylic acids is 1. The molecular weight excluding hydrogens is 232 g/mol. The minimum atomic E-state index is -0.801. The van der Waals surface area contributed by atoms with E-state index >= 15 is 0 Å². The van der Waals surface area contributed by atoms with Crippen molar-refractivity contribution in [2.75, 3.05) is 14.2 Å². The Balaban J connectivity index is 3.26. The molecule has 0 fully saturated rings.